The second-order valence-electron chi connectivity index (χ2n) is 12.9. The van der Waals surface area contributed by atoms with Crippen molar-refractivity contribution in [2.24, 2.45) is 0 Å². The fraction of sp³-hybridized carbons (Fsp3) is 0.432. The van der Waals surface area contributed by atoms with E-state index in [1.165, 1.54) is 0 Å². The number of nitrogens with one attached hydrogen (secondary N) is 1. The van der Waals surface area contributed by atoms with E-state index in [0.717, 1.165) is 27.8 Å². The molecule has 2 amide bonds. The summed E-state index contributed by atoms with van der Waals surface area (Å²) in [5, 5.41) is 12.5. The minimum absolute atomic E-state index is 0. The molecular formula is C37H47LiN2O6S. The van der Waals surface area contributed by atoms with Crippen LogP contribution in [-0.4, -0.2) is 70.3 Å². The largest absolute Gasteiger partial charge is 1.00 e. The van der Waals surface area contributed by atoms with Gasteiger partial charge in [-0.05, 0) is 98.9 Å². The van der Waals surface area contributed by atoms with Crippen LogP contribution < -0.4 is 24.2 Å². The molecule has 8 nitrogen and oxygen atoms in total. The van der Waals surface area contributed by atoms with Gasteiger partial charge in [-0.3, -0.25) is 4.79 Å². The van der Waals surface area contributed by atoms with Crippen LogP contribution in [-0.2, 0) is 27.3 Å². The van der Waals surface area contributed by atoms with Crippen LogP contribution in [0.5, 0.6) is 0 Å². The predicted octanol–water partition coefficient (Wildman–Crippen LogP) is 4.24. The van der Waals surface area contributed by atoms with Crippen molar-refractivity contribution in [3.63, 3.8) is 0 Å². The summed E-state index contributed by atoms with van der Waals surface area (Å²) in [4.78, 5) is 40.0. The number of nitrogens with zero attached hydrogens (tertiary/aromatic N) is 1. The number of carboxylic acids is 1. The summed E-state index contributed by atoms with van der Waals surface area (Å²) in [5.74, 6) is -0.848. The molecule has 1 aliphatic rings. The number of piperidine rings is 1. The van der Waals surface area contributed by atoms with Gasteiger partial charge in [0.25, 0.3) is 5.91 Å². The number of carbonyl (C=O) groups is 3. The third-order valence-corrected chi connectivity index (χ3v) is 8.86. The standard InChI is InChI=1S/C37H46N2O6S.Li.H/c1-26-11-9-10-14-29(26)31-23-28(15-16-30(31)33(40)38-32(34(41)42)17-22-46-5)25-44-37(24-27-12-7-6-8-13-27)18-20-39(21-19-37)35(43)45-36(2,3)4;;/h6-16,23,32H,17-22,24-25H2,1-5H3,(H,38,40)(H,41,42);;/q;+1;-1. The van der Waals surface area contributed by atoms with Crippen LogP contribution >= 0.6 is 11.8 Å². The molecule has 1 fully saturated rings. The molecule has 2 N–H and O–H groups in total. The van der Waals surface area contributed by atoms with Crippen molar-refractivity contribution in [3.8, 4) is 11.1 Å². The van der Waals surface area contributed by atoms with Crippen LogP contribution in [0, 0.1) is 6.92 Å². The van der Waals surface area contributed by atoms with Gasteiger partial charge in [0.05, 0.1) is 12.2 Å². The van der Waals surface area contributed by atoms with E-state index in [0.29, 0.717) is 56.7 Å². The maximum absolute atomic E-state index is 13.5. The Hall–Kier alpha value is -3.22. The quantitative estimate of drug-likeness (QED) is 0.282. The number of aliphatic carboxylic acids is 1. The molecule has 248 valence electrons. The van der Waals surface area contributed by atoms with Gasteiger partial charge in [0.2, 0.25) is 0 Å². The molecule has 0 radical (unpaired) electrons. The molecule has 10 heteroatoms. The normalized spacial score (nSPS) is 14.9. The summed E-state index contributed by atoms with van der Waals surface area (Å²) in [6.45, 7) is 8.96. The van der Waals surface area contributed by atoms with Gasteiger partial charge in [-0.25, -0.2) is 9.59 Å². The summed E-state index contributed by atoms with van der Waals surface area (Å²) in [7, 11) is 0. The van der Waals surface area contributed by atoms with Crippen molar-refractivity contribution in [2.45, 2.75) is 77.2 Å². The number of carbonyl (C=O) groups excluding carboxylic acids is 2. The monoisotopic (exact) mass is 654 g/mol. The Morgan fingerprint density at radius 2 is 1.64 bits per heavy atom. The number of benzene rings is 3. The Balaban J connectivity index is 0.00000400. The SMILES string of the molecule is CSCCC(NC(=O)c1ccc(COC2(Cc3ccccc3)CCN(C(=O)OC(C)(C)C)CC2)cc1-c1ccccc1C)C(=O)O.[H-].[Li+]. The zero-order valence-corrected chi connectivity index (χ0v) is 29.3. The number of amides is 2. The fourth-order valence-corrected chi connectivity index (χ4v) is 6.18. The van der Waals surface area contributed by atoms with Crippen LogP contribution in [0.3, 0.4) is 0 Å². The number of hydrogen-bond acceptors (Lipinski definition) is 6. The van der Waals surface area contributed by atoms with E-state index in [9.17, 15) is 19.5 Å². The molecule has 3 aromatic carbocycles. The minimum Gasteiger partial charge on any atom is -1.00 e. The number of likely N-dealkylation sites (tertiary alicyclic amines) is 1. The molecular weight excluding hydrogens is 607 g/mol. The maximum atomic E-state index is 13.5. The Kier molecular flexibility index (Phi) is 14.0. The van der Waals surface area contributed by atoms with Crippen LogP contribution in [0.2, 0.25) is 0 Å². The first-order valence-electron chi connectivity index (χ1n) is 15.8. The summed E-state index contributed by atoms with van der Waals surface area (Å²) < 4.78 is 12.4. The van der Waals surface area contributed by atoms with Gasteiger partial charge in [0, 0.05) is 25.1 Å². The first-order chi connectivity index (χ1) is 21.9. The third kappa shape index (κ3) is 10.9. The predicted molar refractivity (Wildman–Crippen MR) is 184 cm³/mol. The van der Waals surface area contributed by atoms with Gasteiger partial charge >= 0.3 is 30.9 Å². The molecule has 0 aromatic heterocycles. The molecule has 4 rings (SSSR count). The molecule has 47 heavy (non-hydrogen) atoms. The summed E-state index contributed by atoms with van der Waals surface area (Å²) in [6, 6.07) is 22.7. The molecule has 1 heterocycles. The van der Waals surface area contributed by atoms with Gasteiger partial charge in [0.1, 0.15) is 11.6 Å². The first-order valence-corrected chi connectivity index (χ1v) is 17.2. The molecule has 0 aliphatic carbocycles. The number of rotatable bonds is 12. The summed E-state index contributed by atoms with van der Waals surface area (Å²) in [6.07, 6.45) is 3.94. The number of aryl methyl sites for hydroxylation is 1. The molecule has 1 unspecified atom stereocenters. The second kappa shape index (κ2) is 17.3. The van der Waals surface area contributed by atoms with Crippen molar-refractivity contribution in [1.29, 1.82) is 0 Å². The molecule has 3 aromatic rings. The average Bonchev–Trinajstić information content (AvgIpc) is 3.02. The molecule has 1 aliphatic heterocycles. The summed E-state index contributed by atoms with van der Waals surface area (Å²) in [5.41, 5.74) is 4.04. The number of carboxylic acid groups (broad SMARTS) is 1. The van der Waals surface area contributed by atoms with Crippen molar-refractivity contribution >= 4 is 29.7 Å². The third-order valence-electron chi connectivity index (χ3n) is 8.22. The van der Waals surface area contributed by atoms with E-state index in [4.69, 9.17) is 9.47 Å². The first kappa shape index (κ1) is 38.2. The molecule has 0 saturated carbocycles. The van der Waals surface area contributed by atoms with Crippen molar-refractivity contribution in [1.82, 2.24) is 10.2 Å². The summed E-state index contributed by atoms with van der Waals surface area (Å²) >= 11 is 1.54. The second-order valence-corrected chi connectivity index (χ2v) is 13.9. The van der Waals surface area contributed by atoms with Gasteiger partial charge in [-0.2, -0.15) is 11.8 Å². The Morgan fingerprint density at radius 3 is 2.26 bits per heavy atom. The topological polar surface area (TPSA) is 105 Å². The van der Waals surface area contributed by atoms with E-state index in [1.807, 2.05) is 88.5 Å². The Labute approximate surface area is 296 Å². The molecule has 0 bridgehead atoms. The van der Waals surface area contributed by atoms with Crippen LogP contribution in [0.25, 0.3) is 11.1 Å². The van der Waals surface area contributed by atoms with Crippen LogP contribution in [0.15, 0.2) is 72.8 Å². The average molecular weight is 655 g/mol. The van der Waals surface area contributed by atoms with E-state index in [-0.39, 0.29) is 26.4 Å². The Morgan fingerprint density at radius 1 is 0.979 bits per heavy atom. The van der Waals surface area contributed by atoms with Crippen molar-refractivity contribution < 1.29 is 49.3 Å². The number of hydrogen-bond donors (Lipinski definition) is 2. The van der Waals surface area contributed by atoms with Gasteiger partial charge in [-0.15, -0.1) is 0 Å². The van der Waals surface area contributed by atoms with E-state index < -0.39 is 29.1 Å². The van der Waals surface area contributed by atoms with Crippen molar-refractivity contribution in [3.05, 3.63) is 95.1 Å². The van der Waals surface area contributed by atoms with E-state index >= 15 is 0 Å². The van der Waals surface area contributed by atoms with Crippen LogP contribution in [0.1, 0.15) is 68.5 Å². The number of ether oxygens (including phenoxy) is 2. The molecule has 0 spiro atoms. The van der Waals surface area contributed by atoms with Gasteiger partial charge in [0.15, 0.2) is 0 Å². The van der Waals surface area contributed by atoms with E-state index in [1.54, 1.807) is 22.7 Å². The van der Waals surface area contributed by atoms with Gasteiger partial charge in [-0.1, -0.05) is 60.7 Å². The fourth-order valence-electron chi connectivity index (χ4n) is 5.71. The van der Waals surface area contributed by atoms with E-state index in [2.05, 4.69) is 17.4 Å². The van der Waals surface area contributed by atoms with Crippen LogP contribution in [0.4, 0.5) is 4.79 Å². The minimum atomic E-state index is -1.05. The van der Waals surface area contributed by atoms with Gasteiger partial charge < -0.3 is 26.2 Å². The Bertz CT molecular complexity index is 1510. The van der Waals surface area contributed by atoms with Crippen molar-refractivity contribution in [2.75, 3.05) is 25.1 Å². The molecule has 1 atom stereocenters. The molecule has 1 saturated heterocycles. The maximum Gasteiger partial charge on any atom is 1.00 e. The number of thioether (sulfide) groups is 1. The zero-order chi connectivity index (χ0) is 33.3. The smallest absolute Gasteiger partial charge is 1.00 e. The zero-order valence-electron chi connectivity index (χ0n) is 29.5.